The second kappa shape index (κ2) is 18.4. The van der Waals surface area contributed by atoms with Crippen LogP contribution < -0.4 is 9.80 Å². The van der Waals surface area contributed by atoms with E-state index < -0.39 is 0 Å². The normalized spacial score (nSPS) is 11.7. The number of aryl methyl sites for hydroxylation is 2. The minimum absolute atomic E-state index is 1.08. The van der Waals surface area contributed by atoms with Gasteiger partial charge in [0, 0.05) is 34.1 Å². The lowest BCUT2D eigenvalue weighted by molar-refractivity contribution is 1.29. The maximum atomic E-state index is 2.45. The van der Waals surface area contributed by atoms with Gasteiger partial charge in [-0.15, -0.1) is 0 Å². The molecule has 0 saturated heterocycles. The Morgan fingerprint density at radius 1 is 0.179 bits per heavy atom. The lowest BCUT2D eigenvalue weighted by Crippen LogP contribution is -2.10. The summed E-state index contributed by atoms with van der Waals surface area (Å²) in [5.74, 6) is 0. The second-order valence-corrected chi connectivity index (χ2v) is 20.9. The average molecular weight is 993 g/mol. The van der Waals surface area contributed by atoms with Crippen molar-refractivity contribution in [1.29, 1.82) is 0 Å². The Kier molecular flexibility index (Phi) is 10.7. The highest BCUT2D eigenvalue weighted by molar-refractivity contribution is 6.28. The van der Waals surface area contributed by atoms with Gasteiger partial charge in [0.25, 0.3) is 0 Å². The zero-order valence-corrected chi connectivity index (χ0v) is 43.5. The maximum Gasteiger partial charge on any atom is 0.0468 e. The van der Waals surface area contributed by atoms with Crippen LogP contribution in [0, 0.1) is 13.8 Å². The van der Waals surface area contributed by atoms with Crippen LogP contribution in [0.25, 0.3) is 108 Å². The fourth-order valence-electron chi connectivity index (χ4n) is 12.7. The van der Waals surface area contributed by atoms with Crippen molar-refractivity contribution >= 4 is 120 Å². The van der Waals surface area contributed by atoms with Crippen LogP contribution in [0.3, 0.4) is 0 Å². The molecule has 15 aromatic carbocycles. The van der Waals surface area contributed by atoms with Crippen molar-refractivity contribution in [2.75, 3.05) is 9.80 Å². The fourth-order valence-corrected chi connectivity index (χ4v) is 12.7. The monoisotopic (exact) mass is 992 g/mol. The smallest absolute Gasteiger partial charge is 0.0468 e. The SMILES string of the molecule is Cc1ccc(-c2c(-c3ccc(C)cc3)c3ccc(N(c4ccccc4)c4ccc5c6ccccc6c6ccccc6c5c4)cc3c3cc(N(c4ccccc4)c4ccc5c6ccccc6c6ccccc6c5c4)ccc23)cc1. The number of anilines is 6. The maximum absolute atomic E-state index is 2.45. The second-order valence-electron chi connectivity index (χ2n) is 20.9. The Morgan fingerprint density at radius 3 is 0.705 bits per heavy atom. The molecule has 2 nitrogen and oxygen atoms in total. The Morgan fingerprint density at radius 2 is 0.410 bits per heavy atom. The van der Waals surface area contributed by atoms with Crippen molar-refractivity contribution in [3.63, 3.8) is 0 Å². The van der Waals surface area contributed by atoms with E-state index in [1.807, 2.05) is 0 Å². The Bertz CT molecular complexity index is 4470. The van der Waals surface area contributed by atoms with Gasteiger partial charge in [-0.3, -0.25) is 0 Å². The van der Waals surface area contributed by atoms with Crippen LogP contribution in [0.5, 0.6) is 0 Å². The van der Waals surface area contributed by atoms with E-state index in [1.165, 1.54) is 120 Å². The van der Waals surface area contributed by atoms with Crippen molar-refractivity contribution in [3.05, 3.63) is 290 Å². The van der Waals surface area contributed by atoms with E-state index in [-0.39, 0.29) is 0 Å². The summed E-state index contributed by atoms with van der Waals surface area (Å²) in [6.45, 7) is 4.35. The van der Waals surface area contributed by atoms with E-state index in [0.717, 1.165) is 34.1 Å². The highest BCUT2D eigenvalue weighted by Crippen LogP contribution is 2.50. The molecule has 0 heterocycles. The van der Waals surface area contributed by atoms with Crippen LogP contribution >= 0.6 is 0 Å². The van der Waals surface area contributed by atoms with Crippen molar-refractivity contribution in [2.24, 2.45) is 0 Å². The summed E-state index contributed by atoms with van der Waals surface area (Å²) in [5.41, 5.74) is 13.8. The van der Waals surface area contributed by atoms with Crippen LogP contribution in [-0.2, 0) is 0 Å². The lowest BCUT2D eigenvalue weighted by atomic mass is 9.84. The summed E-state index contributed by atoms with van der Waals surface area (Å²) in [6.07, 6.45) is 0. The molecule has 366 valence electrons. The van der Waals surface area contributed by atoms with E-state index in [9.17, 15) is 0 Å². The van der Waals surface area contributed by atoms with Crippen molar-refractivity contribution < 1.29 is 0 Å². The van der Waals surface area contributed by atoms with Crippen LogP contribution in [0.2, 0.25) is 0 Å². The highest BCUT2D eigenvalue weighted by Gasteiger charge is 2.24. The highest BCUT2D eigenvalue weighted by atomic mass is 15.1. The van der Waals surface area contributed by atoms with Crippen molar-refractivity contribution in [3.8, 4) is 22.3 Å². The molecule has 0 radical (unpaired) electrons. The molecular weight excluding hydrogens is 941 g/mol. The van der Waals surface area contributed by atoms with Crippen molar-refractivity contribution in [1.82, 2.24) is 0 Å². The van der Waals surface area contributed by atoms with Gasteiger partial charge in [-0.05, 0) is 195 Å². The predicted molar refractivity (Wildman–Crippen MR) is 336 cm³/mol. The van der Waals surface area contributed by atoms with Gasteiger partial charge in [0.15, 0.2) is 0 Å². The molecule has 0 aliphatic heterocycles. The van der Waals surface area contributed by atoms with E-state index >= 15 is 0 Å². The number of para-hydroxylation sites is 2. The molecule has 2 heteroatoms. The molecule has 15 aromatic rings. The Hall–Kier alpha value is -10.0. The first kappa shape index (κ1) is 45.4. The van der Waals surface area contributed by atoms with Gasteiger partial charge >= 0.3 is 0 Å². The van der Waals surface area contributed by atoms with Gasteiger partial charge in [0.05, 0.1) is 0 Å². The van der Waals surface area contributed by atoms with Gasteiger partial charge in [0.2, 0.25) is 0 Å². The molecular formula is C76H52N2. The Labute approximate surface area is 453 Å². The summed E-state index contributed by atoms with van der Waals surface area (Å²) >= 11 is 0. The number of rotatable bonds is 8. The van der Waals surface area contributed by atoms with Gasteiger partial charge < -0.3 is 9.80 Å². The summed E-state index contributed by atoms with van der Waals surface area (Å²) < 4.78 is 0. The molecule has 0 bridgehead atoms. The summed E-state index contributed by atoms with van der Waals surface area (Å²) in [4.78, 5) is 4.88. The first-order valence-corrected chi connectivity index (χ1v) is 27.1. The minimum Gasteiger partial charge on any atom is -0.310 e. The topological polar surface area (TPSA) is 6.48 Å². The summed E-state index contributed by atoms with van der Waals surface area (Å²) in [7, 11) is 0. The summed E-state index contributed by atoms with van der Waals surface area (Å²) in [5, 5.41) is 19.8. The van der Waals surface area contributed by atoms with E-state index in [0.29, 0.717) is 0 Å². The number of hydrogen-bond acceptors (Lipinski definition) is 2. The average Bonchev–Trinajstić information content (AvgIpc) is 3.59. The predicted octanol–water partition coefficient (Wildman–Crippen LogP) is 21.8. The first-order valence-electron chi connectivity index (χ1n) is 27.1. The molecule has 0 N–H and O–H groups in total. The van der Waals surface area contributed by atoms with Gasteiger partial charge in [-0.2, -0.15) is 0 Å². The Balaban J connectivity index is 1.02. The molecule has 0 saturated carbocycles. The molecule has 15 rings (SSSR count). The number of nitrogens with zero attached hydrogens (tertiary/aromatic N) is 2. The zero-order valence-electron chi connectivity index (χ0n) is 43.5. The number of benzene rings is 15. The molecule has 0 aliphatic carbocycles. The molecule has 78 heavy (non-hydrogen) atoms. The fraction of sp³-hybridized carbons (Fsp3) is 0.0263. The third kappa shape index (κ3) is 7.40. The molecule has 0 amide bonds. The van der Waals surface area contributed by atoms with E-state index in [4.69, 9.17) is 0 Å². The lowest BCUT2D eigenvalue weighted by Gasteiger charge is -2.28. The van der Waals surface area contributed by atoms with Crippen molar-refractivity contribution in [2.45, 2.75) is 13.8 Å². The molecule has 0 spiro atoms. The molecule has 0 fully saturated rings. The molecule has 0 unspecified atom stereocenters. The summed E-state index contributed by atoms with van der Waals surface area (Å²) in [6, 6.07) is 104. The van der Waals surface area contributed by atoms with Crippen LogP contribution in [0.4, 0.5) is 34.1 Å². The van der Waals surface area contributed by atoms with E-state index in [1.54, 1.807) is 0 Å². The van der Waals surface area contributed by atoms with Gasteiger partial charge in [0.1, 0.15) is 0 Å². The molecule has 0 aliphatic rings. The third-order valence-corrected chi connectivity index (χ3v) is 16.3. The largest absolute Gasteiger partial charge is 0.310 e. The third-order valence-electron chi connectivity index (χ3n) is 16.3. The minimum atomic E-state index is 1.08. The zero-order chi connectivity index (χ0) is 51.8. The first-order chi connectivity index (χ1) is 38.5. The number of hydrogen-bond donors (Lipinski definition) is 0. The quantitative estimate of drug-likeness (QED) is 0.140. The van der Waals surface area contributed by atoms with Gasteiger partial charge in [-0.1, -0.05) is 217 Å². The molecule has 0 atom stereocenters. The van der Waals surface area contributed by atoms with Crippen LogP contribution in [0.15, 0.2) is 279 Å². The van der Waals surface area contributed by atoms with E-state index in [2.05, 4.69) is 303 Å². The van der Waals surface area contributed by atoms with Crippen LogP contribution in [-0.4, -0.2) is 0 Å². The standard InChI is InChI=1S/C76H52N2/c1-49-29-33-51(34-30-49)75-69-43-39-57(77(53-17-5-3-6-18-53)55-37-41-67-63-25-11-9-21-59(63)61-23-13-15-27-65(61)71(67)45-55)47-73(69)74-48-58(40-44-70(74)76(75)52-35-31-50(2)32-36-52)78(54-19-7-4-8-20-54)56-38-42-68-64-26-12-10-22-60(64)62-24-14-16-28-66(62)72(68)46-56/h3-48H,1-2H3. The van der Waals surface area contributed by atoms with Crippen LogP contribution in [0.1, 0.15) is 11.1 Å². The number of fused-ring (bicyclic) bond motifs is 15. The van der Waals surface area contributed by atoms with Gasteiger partial charge in [-0.25, -0.2) is 0 Å². The molecule has 0 aromatic heterocycles.